The van der Waals surface area contributed by atoms with E-state index in [4.69, 9.17) is 9.84 Å². The van der Waals surface area contributed by atoms with Crippen LogP contribution in [-0.2, 0) is 0 Å². The van der Waals surface area contributed by atoms with Crippen molar-refractivity contribution in [3.8, 4) is 5.75 Å². The van der Waals surface area contributed by atoms with E-state index in [2.05, 4.69) is 10.6 Å². The van der Waals surface area contributed by atoms with Gasteiger partial charge in [0.1, 0.15) is 11.6 Å². The fourth-order valence-electron chi connectivity index (χ4n) is 1.66. The van der Waals surface area contributed by atoms with Crippen LogP contribution in [0.25, 0.3) is 0 Å². The molecule has 0 bridgehead atoms. The molecule has 0 aliphatic carbocycles. The van der Waals surface area contributed by atoms with Gasteiger partial charge in [-0.15, -0.1) is 0 Å². The highest BCUT2D eigenvalue weighted by Gasteiger charge is 2.18. The highest BCUT2D eigenvalue weighted by atomic mass is 19.1. The number of methoxy groups -OCH3 is 1. The largest absolute Gasteiger partial charge is 0.495 e. The third-order valence-corrected chi connectivity index (χ3v) is 2.93. The number of amides is 2. The maximum Gasteiger partial charge on any atom is 0.319 e. The Balaban J connectivity index is 2.61. The maximum absolute atomic E-state index is 13.2. The standard InChI is InChI=1S/C14H21FN2O3/c1-14(2,6-7-18)9-16-13(19)17-11-8-10(15)4-5-12(11)20-3/h4-5,8,18H,6-7,9H2,1-3H3,(H2,16,17,19). The molecular formula is C14H21FN2O3. The van der Waals surface area contributed by atoms with Gasteiger partial charge in [0.25, 0.3) is 0 Å². The Morgan fingerprint density at radius 3 is 2.75 bits per heavy atom. The van der Waals surface area contributed by atoms with Gasteiger partial charge in [-0.05, 0) is 24.0 Å². The average molecular weight is 284 g/mol. The molecule has 0 aliphatic heterocycles. The summed E-state index contributed by atoms with van der Waals surface area (Å²) in [6.07, 6.45) is 0.580. The molecule has 1 aromatic carbocycles. The summed E-state index contributed by atoms with van der Waals surface area (Å²) in [5.41, 5.74) is 0.0583. The summed E-state index contributed by atoms with van der Waals surface area (Å²) in [5, 5.41) is 14.1. The first-order chi connectivity index (χ1) is 9.38. The number of benzene rings is 1. The van der Waals surface area contributed by atoms with Crippen molar-refractivity contribution in [3.63, 3.8) is 0 Å². The molecule has 1 aromatic rings. The number of anilines is 1. The molecule has 0 aromatic heterocycles. The van der Waals surface area contributed by atoms with Crippen LogP contribution in [0.5, 0.6) is 5.75 Å². The summed E-state index contributed by atoms with van der Waals surface area (Å²) in [7, 11) is 1.45. The van der Waals surface area contributed by atoms with Crippen LogP contribution in [0, 0.1) is 11.2 Å². The smallest absolute Gasteiger partial charge is 0.319 e. The molecule has 20 heavy (non-hydrogen) atoms. The van der Waals surface area contributed by atoms with E-state index in [-0.39, 0.29) is 17.7 Å². The number of halogens is 1. The minimum atomic E-state index is -0.457. The lowest BCUT2D eigenvalue weighted by atomic mass is 9.90. The Morgan fingerprint density at radius 2 is 2.15 bits per heavy atom. The van der Waals surface area contributed by atoms with Gasteiger partial charge in [0, 0.05) is 19.2 Å². The van der Waals surface area contributed by atoms with Gasteiger partial charge in [-0.25, -0.2) is 9.18 Å². The number of hydrogen-bond acceptors (Lipinski definition) is 3. The highest BCUT2D eigenvalue weighted by Crippen LogP contribution is 2.25. The third-order valence-electron chi connectivity index (χ3n) is 2.93. The van der Waals surface area contributed by atoms with Gasteiger partial charge < -0.3 is 20.5 Å². The predicted molar refractivity (Wildman–Crippen MR) is 75.5 cm³/mol. The number of nitrogens with one attached hydrogen (secondary N) is 2. The van der Waals surface area contributed by atoms with Crippen LogP contribution in [0.2, 0.25) is 0 Å². The van der Waals surface area contributed by atoms with Crippen molar-refractivity contribution >= 4 is 11.7 Å². The van der Waals surface area contributed by atoms with Crippen molar-refractivity contribution in [1.29, 1.82) is 0 Å². The monoisotopic (exact) mass is 284 g/mol. The Kier molecular flexibility index (Phi) is 5.76. The molecular weight excluding hydrogens is 263 g/mol. The first-order valence-corrected chi connectivity index (χ1v) is 6.37. The first kappa shape index (κ1) is 16.2. The van der Waals surface area contributed by atoms with Gasteiger partial charge in [-0.1, -0.05) is 13.8 Å². The van der Waals surface area contributed by atoms with Crippen LogP contribution in [0.1, 0.15) is 20.3 Å². The van der Waals surface area contributed by atoms with Gasteiger partial charge >= 0.3 is 6.03 Å². The Labute approximate surface area is 118 Å². The summed E-state index contributed by atoms with van der Waals surface area (Å²) < 4.78 is 18.2. The zero-order valence-electron chi connectivity index (χ0n) is 12.0. The van der Waals surface area contributed by atoms with Crippen LogP contribution >= 0.6 is 0 Å². The van der Waals surface area contributed by atoms with E-state index in [1.54, 1.807) is 0 Å². The van der Waals surface area contributed by atoms with Gasteiger partial charge in [-0.3, -0.25) is 0 Å². The Bertz CT molecular complexity index is 464. The topological polar surface area (TPSA) is 70.6 Å². The number of aliphatic hydroxyl groups excluding tert-OH is 1. The SMILES string of the molecule is COc1ccc(F)cc1NC(=O)NCC(C)(C)CCO. The number of hydrogen-bond donors (Lipinski definition) is 3. The molecule has 0 atom stereocenters. The van der Waals surface area contributed by atoms with E-state index in [0.717, 1.165) is 0 Å². The molecule has 0 aliphatic rings. The summed E-state index contributed by atoms with van der Waals surface area (Å²) in [6, 6.07) is 3.45. The second-order valence-corrected chi connectivity index (χ2v) is 5.29. The minimum absolute atomic E-state index is 0.0635. The van der Waals surface area contributed by atoms with Crippen molar-refractivity contribution in [3.05, 3.63) is 24.0 Å². The average Bonchev–Trinajstić information content (AvgIpc) is 2.37. The fourth-order valence-corrected chi connectivity index (χ4v) is 1.66. The fraction of sp³-hybridized carbons (Fsp3) is 0.500. The zero-order chi connectivity index (χ0) is 15.2. The maximum atomic E-state index is 13.2. The summed E-state index contributed by atoms with van der Waals surface area (Å²) in [5.74, 6) is -0.0714. The van der Waals surface area contributed by atoms with E-state index in [1.807, 2.05) is 13.8 Å². The van der Waals surface area contributed by atoms with Gasteiger partial charge in [0.05, 0.1) is 12.8 Å². The van der Waals surface area contributed by atoms with Crippen molar-refractivity contribution < 1.29 is 19.0 Å². The molecule has 0 spiro atoms. The van der Waals surface area contributed by atoms with Crippen molar-refractivity contribution in [2.45, 2.75) is 20.3 Å². The van der Waals surface area contributed by atoms with Gasteiger partial charge in [0.15, 0.2) is 0 Å². The molecule has 0 heterocycles. The van der Waals surface area contributed by atoms with Crippen LogP contribution in [-0.4, -0.2) is 31.4 Å². The number of carbonyl (C=O) groups excluding carboxylic acids is 1. The summed E-state index contributed by atoms with van der Waals surface area (Å²) in [4.78, 5) is 11.8. The zero-order valence-corrected chi connectivity index (χ0v) is 12.0. The third kappa shape index (κ3) is 5.05. The molecule has 1 rings (SSSR count). The van der Waals surface area contributed by atoms with Gasteiger partial charge in [-0.2, -0.15) is 0 Å². The molecule has 0 saturated carbocycles. The molecule has 5 nitrogen and oxygen atoms in total. The highest BCUT2D eigenvalue weighted by molar-refractivity contribution is 5.90. The lowest BCUT2D eigenvalue weighted by Crippen LogP contribution is -2.37. The van der Waals surface area contributed by atoms with Crippen LogP contribution < -0.4 is 15.4 Å². The molecule has 6 heteroatoms. The van der Waals surface area contributed by atoms with Crippen LogP contribution in [0.4, 0.5) is 14.9 Å². The van der Waals surface area contributed by atoms with E-state index in [1.165, 1.54) is 25.3 Å². The van der Waals surface area contributed by atoms with E-state index >= 15 is 0 Å². The number of ether oxygens (including phenoxy) is 1. The van der Waals surface area contributed by atoms with Crippen LogP contribution in [0.3, 0.4) is 0 Å². The number of aliphatic hydroxyl groups is 1. The van der Waals surface area contributed by atoms with Crippen molar-refractivity contribution in [2.75, 3.05) is 25.6 Å². The molecule has 2 amide bonds. The number of urea groups is 1. The molecule has 112 valence electrons. The number of carbonyl (C=O) groups is 1. The second-order valence-electron chi connectivity index (χ2n) is 5.29. The second kappa shape index (κ2) is 7.09. The summed E-state index contributed by atoms with van der Waals surface area (Å²) in [6.45, 7) is 4.34. The minimum Gasteiger partial charge on any atom is -0.495 e. The normalized spacial score (nSPS) is 11.1. The van der Waals surface area contributed by atoms with Crippen molar-refractivity contribution in [2.24, 2.45) is 5.41 Å². The molecule has 0 fully saturated rings. The van der Waals surface area contributed by atoms with Gasteiger partial charge in [0.2, 0.25) is 0 Å². The number of rotatable bonds is 6. The Morgan fingerprint density at radius 1 is 1.45 bits per heavy atom. The van der Waals surface area contributed by atoms with E-state index in [0.29, 0.717) is 18.7 Å². The van der Waals surface area contributed by atoms with Crippen molar-refractivity contribution in [1.82, 2.24) is 5.32 Å². The quantitative estimate of drug-likeness (QED) is 0.751. The van der Waals surface area contributed by atoms with E-state index in [9.17, 15) is 9.18 Å². The lowest BCUT2D eigenvalue weighted by Gasteiger charge is -2.24. The predicted octanol–water partition coefficient (Wildman–Crippen LogP) is 2.36. The Hall–Kier alpha value is -1.82. The molecule has 0 radical (unpaired) electrons. The summed E-state index contributed by atoms with van der Waals surface area (Å²) >= 11 is 0. The molecule has 0 unspecified atom stereocenters. The lowest BCUT2D eigenvalue weighted by molar-refractivity contribution is 0.204. The first-order valence-electron chi connectivity index (χ1n) is 6.37. The molecule has 0 saturated heterocycles. The molecule has 3 N–H and O–H groups in total. The van der Waals surface area contributed by atoms with E-state index < -0.39 is 11.8 Å². The van der Waals surface area contributed by atoms with Crippen LogP contribution in [0.15, 0.2) is 18.2 Å².